The molecule has 0 radical (unpaired) electrons. The molecule has 0 aliphatic rings. The second-order valence-electron chi connectivity index (χ2n) is 5.58. The molecular weight excluding hydrogens is 350 g/mol. The number of rotatable bonds is 3. The number of para-hydroxylation sites is 1. The fourth-order valence-corrected chi connectivity index (χ4v) is 2.49. The van der Waals surface area contributed by atoms with Crippen molar-refractivity contribution in [2.24, 2.45) is 0 Å². The van der Waals surface area contributed by atoms with E-state index in [4.69, 9.17) is 4.42 Å². The van der Waals surface area contributed by atoms with Crippen LogP contribution in [0.5, 0.6) is 0 Å². The molecule has 134 valence electrons. The van der Waals surface area contributed by atoms with E-state index < -0.39 is 23.5 Å². The summed E-state index contributed by atoms with van der Waals surface area (Å²) in [5.41, 5.74) is -0.632. The Morgan fingerprint density at radius 3 is 2.35 bits per heavy atom. The minimum Gasteiger partial charge on any atom is -0.461 e. The summed E-state index contributed by atoms with van der Waals surface area (Å²) in [5, 5.41) is 2.27. The van der Waals surface area contributed by atoms with Crippen LogP contribution in [0.15, 0.2) is 59.0 Å². The Labute approximate surface area is 146 Å². The Morgan fingerprint density at radius 1 is 1.04 bits per heavy atom. The molecule has 0 aliphatic heterocycles. The highest BCUT2D eigenvalue weighted by Crippen LogP contribution is 2.35. The molecule has 0 saturated carbocycles. The van der Waals surface area contributed by atoms with Crippen LogP contribution in [0.1, 0.15) is 21.7 Å². The van der Waals surface area contributed by atoms with Crippen LogP contribution in [-0.4, -0.2) is 5.91 Å². The quantitative estimate of drug-likeness (QED) is 0.610. The second-order valence-corrected chi connectivity index (χ2v) is 5.58. The van der Waals surface area contributed by atoms with Crippen molar-refractivity contribution < 1.29 is 26.8 Å². The van der Waals surface area contributed by atoms with Gasteiger partial charge in [0.2, 0.25) is 0 Å². The van der Waals surface area contributed by atoms with E-state index in [0.29, 0.717) is 11.3 Å². The maximum absolute atomic E-state index is 13.0. The zero-order valence-electron chi connectivity index (χ0n) is 13.5. The van der Waals surface area contributed by atoms with Crippen LogP contribution < -0.4 is 5.32 Å². The molecule has 0 atom stereocenters. The van der Waals surface area contributed by atoms with Gasteiger partial charge in [-0.05, 0) is 49.4 Å². The molecule has 0 bridgehead atoms. The minimum atomic E-state index is -4.59. The van der Waals surface area contributed by atoms with Crippen LogP contribution in [0.3, 0.4) is 0 Å². The number of halogens is 4. The van der Waals surface area contributed by atoms with Crippen LogP contribution in [0, 0.1) is 12.7 Å². The number of carbonyl (C=O) groups excluding carboxylic acids is 1. The molecule has 1 heterocycles. The van der Waals surface area contributed by atoms with Gasteiger partial charge in [-0.15, -0.1) is 0 Å². The standard InChI is InChI=1S/C19H13F4NO2/c1-11-14(10-17(26-11)12-6-8-13(20)9-7-12)18(25)24-16-5-3-2-4-15(16)19(21,22)23/h2-10H,1H3,(H,24,25). The lowest BCUT2D eigenvalue weighted by molar-refractivity contribution is -0.136. The Balaban J connectivity index is 1.89. The number of anilines is 1. The summed E-state index contributed by atoms with van der Waals surface area (Å²) in [7, 11) is 0. The van der Waals surface area contributed by atoms with Crippen LogP contribution in [0.4, 0.5) is 23.2 Å². The lowest BCUT2D eigenvalue weighted by Gasteiger charge is -2.13. The maximum atomic E-state index is 13.0. The first kappa shape index (κ1) is 17.7. The molecule has 7 heteroatoms. The van der Waals surface area contributed by atoms with E-state index in [1.807, 2.05) is 0 Å². The topological polar surface area (TPSA) is 42.2 Å². The van der Waals surface area contributed by atoms with Gasteiger partial charge in [0, 0.05) is 5.56 Å². The lowest BCUT2D eigenvalue weighted by atomic mass is 10.1. The smallest absolute Gasteiger partial charge is 0.418 e. The molecule has 0 aliphatic carbocycles. The van der Waals surface area contributed by atoms with Gasteiger partial charge in [-0.25, -0.2) is 4.39 Å². The van der Waals surface area contributed by atoms with Gasteiger partial charge >= 0.3 is 6.18 Å². The first-order valence-electron chi connectivity index (χ1n) is 7.59. The Bertz CT molecular complexity index is 943. The molecule has 3 rings (SSSR count). The van der Waals surface area contributed by atoms with Crippen molar-refractivity contribution in [1.82, 2.24) is 0 Å². The van der Waals surface area contributed by atoms with Gasteiger partial charge in [0.25, 0.3) is 5.91 Å². The van der Waals surface area contributed by atoms with Crippen molar-refractivity contribution in [2.45, 2.75) is 13.1 Å². The summed E-state index contributed by atoms with van der Waals surface area (Å²) in [6.45, 7) is 1.53. The molecule has 26 heavy (non-hydrogen) atoms. The third kappa shape index (κ3) is 3.61. The summed E-state index contributed by atoms with van der Waals surface area (Å²) in [5.74, 6) is -0.585. The number of alkyl halides is 3. The van der Waals surface area contributed by atoms with Crippen molar-refractivity contribution in [2.75, 3.05) is 5.32 Å². The van der Waals surface area contributed by atoms with E-state index in [1.54, 1.807) is 0 Å². The average molecular weight is 363 g/mol. The molecular formula is C19H13F4NO2. The summed E-state index contributed by atoms with van der Waals surface area (Å²) >= 11 is 0. The number of hydrogen-bond donors (Lipinski definition) is 1. The zero-order valence-corrected chi connectivity index (χ0v) is 13.5. The van der Waals surface area contributed by atoms with E-state index >= 15 is 0 Å². The molecule has 0 spiro atoms. The largest absolute Gasteiger partial charge is 0.461 e. The number of benzene rings is 2. The van der Waals surface area contributed by atoms with Crippen molar-refractivity contribution in [3.63, 3.8) is 0 Å². The monoisotopic (exact) mass is 363 g/mol. The third-order valence-electron chi connectivity index (χ3n) is 3.77. The van der Waals surface area contributed by atoms with E-state index in [-0.39, 0.29) is 17.0 Å². The minimum absolute atomic E-state index is 0.0984. The van der Waals surface area contributed by atoms with Gasteiger partial charge in [-0.3, -0.25) is 4.79 Å². The highest BCUT2D eigenvalue weighted by molar-refractivity contribution is 6.06. The van der Waals surface area contributed by atoms with E-state index in [0.717, 1.165) is 6.07 Å². The van der Waals surface area contributed by atoms with Crippen LogP contribution >= 0.6 is 0 Å². The summed E-state index contributed by atoms with van der Waals surface area (Å²) < 4.78 is 57.6. The zero-order chi connectivity index (χ0) is 18.9. The number of nitrogens with one attached hydrogen (secondary N) is 1. The van der Waals surface area contributed by atoms with Gasteiger partial charge in [0.05, 0.1) is 16.8 Å². The predicted octanol–water partition coefficient (Wildman–Crippen LogP) is 5.67. The van der Waals surface area contributed by atoms with Gasteiger partial charge in [0.15, 0.2) is 0 Å². The van der Waals surface area contributed by atoms with E-state index in [2.05, 4.69) is 5.32 Å². The van der Waals surface area contributed by atoms with Crippen LogP contribution in [0.25, 0.3) is 11.3 Å². The van der Waals surface area contributed by atoms with Gasteiger partial charge in [0.1, 0.15) is 17.3 Å². The highest BCUT2D eigenvalue weighted by atomic mass is 19.4. The molecule has 3 nitrogen and oxygen atoms in total. The predicted molar refractivity (Wildman–Crippen MR) is 88.2 cm³/mol. The Morgan fingerprint density at radius 2 is 1.69 bits per heavy atom. The van der Waals surface area contributed by atoms with Gasteiger partial charge in [-0.2, -0.15) is 13.2 Å². The average Bonchev–Trinajstić information content (AvgIpc) is 2.97. The van der Waals surface area contributed by atoms with Crippen molar-refractivity contribution in [3.05, 3.63) is 77.3 Å². The summed E-state index contributed by atoms with van der Waals surface area (Å²) in [6.07, 6.45) is -4.59. The molecule has 0 unspecified atom stereocenters. The van der Waals surface area contributed by atoms with Gasteiger partial charge < -0.3 is 9.73 Å². The molecule has 2 aromatic carbocycles. The fourth-order valence-electron chi connectivity index (χ4n) is 2.49. The van der Waals surface area contributed by atoms with E-state index in [9.17, 15) is 22.4 Å². The number of carbonyl (C=O) groups is 1. The van der Waals surface area contributed by atoms with E-state index in [1.165, 1.54) is 55.5 Å². The van der Waals surface area contributed by atoms with Gasteiger partial charge in [-0.1, -0.05) is 12.1 Å². The lowest BCUT2D eigenvalue weighted by Crippen LogP contribution is -2.16. The number of furan rings is 1. The second kappa shape index (κ2) is 6.67. The number of amides is 1. The molecule has 1 N–H and O–H groups in total. The van der Waals surface area contributed by atoms with Crippen molar-refractivity contribution in [3.8, 4) is 11.3 Å². The summed E-state index contributed by atoms with van der Waals surface area (Å²) in [6, 6.07) is 11.6. The Kier molecular flexibility index (Phi) is 4.54. The normalized spacial score (nSPS) is 11.4. The molecule has 0 saturated heterocycles. The third-order valence-corrected chi connectivity index (χ3v) is 3.77. The van der Waals surface area contributed by atoms with Crippen LogP contribution in [0.2, 0.25) is 0 Å². The maximum Gasteiger partial charge on any atom is 0.418 e. The molecule has 0 fully saturated rings. The van der Waals surface area contributed by atoms with Crippen molar-refractivity contribution >= 4 is 11.6 Å². The highest BCUT2D eigenvalue weighted by Gasteiger charge is 2.33. The molecule has 3 aromatic rings. The fraction of sp³-hybridized carbons (Fsp3) is 0.105. The SMILES string of the molecule is Cc1oc(-c2ccc(F)cc2)cc1C(=O)Nc1ccccc1C(F)(F)F. The van der Waals surface area contributed by atoms with Crippen LogP contribution in [-0.2, 0) is 6.18 Å². The first-order valence-corrected chi connectivity index (χ1v) is 7.59. The summed E-state index contributed by atoms with van der Waals surface area (Å²) in [4.78, 5) is 12.4. The Hall–Kier alpha value is -3.09. The molecule has 1 aromatic heterocycles. The number of aryl methyl sites for hydroxylation is 1. The molecule has 1 amide bonds. The first-order chi connectivity index (χ1) is 12.3. The number of hydrogen-bond acceptors (Lipinski definition) is 2. The van der Waals surface area contributed by atoms with Crippen molar-refractivity contribution in [1.29, 1.82) is 0 Å².